The van der Waals surface area contributed by atoms with E-state index in [2.05, 4.69) is 0 Å². The third-order valence-electron chi connectivity index (χ3n) is 1.28. The normalized spacial score (nSPS) is 12.0. The summed E-state index contributed by atoms with van der Waals surface area (Å²) in [6, 6.07) is 0. The summed E-state index contributed by atoms with van der Waals surface area (Å²) in [6.07, 6.45) is 2.81. The summed E-state index contributed by atoms with van der Waals surface area (Å²) >= 11 is -1.36. The molecule has 0 saturated heterocycles. The summed E-state index contributed by atoms with van der Waals surface area (Å²) in [4.78, 5) is 21.3. The molecule has 0 aliphatic heterocycles. The first-order valence-electron chi connectivity index (χ1n) is 4.44. The van der Waals surface area contributed by atoms with Crippen molar-refractivity contribution in [2.24, 2.45) is 0 Å². The van der Waals surface area contributed by atoms with Gasteiger partial charge in [0, 0.05) is 0 Å². The fraction of sp³-hybridized carbons (Fsp3) is 0.400. The molecule has 0 bridgehead atoms. The molecule has 0 aliphatic rings. The predicted molar refractivity (Wildman–Crippen MR) is 56.8 cm³/mol. The van der Waals surface area contributed by atoms with E-state index in [1.165, 1.54) is 26.0 Å². The molecule has 4 nitrogen and oxygen atoms in total. The van der Waals surface area contributed by atoms with Gasteiger partial charge in [-0.1, -0.05) is 0 Å². The second-order valence-corrected chi connectivity index (χ2v) is 4.46. The molecule has 0 rings (SSSR count). The summed E-state index contributed by atoms with van der Waals surface area (Å²) < 4.78 is 10.5. The van der Waals surface area contributed by atoms with Gasteiger partial charge in [0.2, 0.25) is 0 Å². The molecule has 0 N–H and O–H groups in total. The van der Waals surface area contributed by atoms with Crippen LogP contribution < -0.4 is 0 Å². The number of ketones is 2. The van der Waals surface area contributed by atoms with Gasteiger partial charge < -0.3 is 0 Å². The quantitative estimate of drug-likeness (QED) is 0.416. The Labute approximate surface area is 97.9 Å². The minimum absolute atomic E-state index is 0.0551. The molecule has 5 heteroatoms. The molecule has 0 atom stereocenters. The Hall–Kier alpha value is -0.944. The first-order chi connectivity index (χ1) is 6.91. The van der Waals surface area contributed by atoms with Gasteiger partial charge in [-0.3, -0.25) is 0 Å². The molecule has 0 unspecified atom stereocenters. The van der Waals surface area contributed by atoms with Crippen LogP contribution in [-0.2, 0) is 16.6 Å². The molecule has 0 saturated carbocycles. The van der Waals surface area contributed by atoms with Gasteiger partial charge in [-0.15, -0.1) is 0 Å². The van der Waals surface area contributed by atoms with Crippen LogP contribution in [0, 0.1) is 0 Å². The van der Waals surface area contributed by atoms with Crippen molar-refractivity contribution >= 4 is 29.7 Å². The Bertz CT molecular complexity index is 275. The van der Waals surface area contributed by atoms with Crippen LogP contribution >= 0.6 is 0 Å². The number of hydrogen-bond acceptors (Lipinski definition) is 4. The zero-order valence-electron chi connectivity index (χ0n) is 9.37. The molecule has 0 aromatic rings. The van der Waals surface area contributed by atoms with Crippen LogP contribution in [0.2, 0.25) is 0 Å². The van der Waals surface area contributed by atoms with Crippen molar-refractivity contribution in [2.75, 3.05) is 0 Å². The first-order valence-corrected chi connectivity index (χ1v) is 6.42. The third kappa shape index (κ3) is 9.36. The van der Waals surface area contributed by atoms with Crippen LogP contribution in [0.4, 0.5) is 0 Å². The molecule has 81 valence electrons. The van der Waals surface area contributed by atoms with Crippen LogP contribution in [-0.4, -0.2) is 29.7 Å². The molecule has 0 fully saturated rings. The van der Waals surface area contributed by atoms with Crippen molar-refractivity contribution in [1.82, 2.24) is 0 Å². The first kappa shape index (κ1) is 14.1. The van der Waals surface area contributed by atoms with E-state index in [0.717, 1.165) is 0 Å². The Morgan fingerprint density at radius 2 is 1.20 bits per heavy atom. The maximum absolute atomic E-state index is 10.7. The van der Waals surface area contributed by atoms with E-state index in [4.69, 9.17) is 7.06 Å². The number of carbonyl (C=O) groups is 2. The van der Waals surface area contributed by atoms with Crippen molar-refractivity contribution in [1.29, 1.82) is 0 Å². The summed E-state index contributed by atoms with van der Waals surface area (Å²) in [6.45, 7) is 6.31. The molecule has 0 heterocycles. The van der Waals surface area contributed by atoms with E-state index in [1.807, 2.05) is 0 Å². The number of allylic oxidation sites excluding steroid dienone is 4. The standard InChI is InChI=1S/2C5H8O2.Ga/c2*1-4(6)3-5(2)7;/h2*3,6H,1-2H3;/q;;+2/p-2/b4-3+;4-3-;. The van der Waals surface area contributed by atoms with Crippen LogP contribution in [0.1, 0.15) is 27.7 Å². The second-order valence-electron chi connectivity index (χ2n) is 3.06. The molecule has 1 radical (unpaired) electrons. The summed E-state index contributed by atoms with van der Waals surface area (Å²) in [5.41, 5.74) is 0. The van der Waals surface area contributed by atoms with Crippen molar-refractivity contribution in [3.8, 4) is 0 Å². The topological polar surface area (TPSA) is 52.6 Å². The van der Waals surface area contributed by atoms with E-state index in [1.54, 1.807) is 13.8 Å². The van der Waals surface area contributed by atoms with Gasteiger partial charge in [0.25, 0.3) is 0 Å². The van der Waals surface area contributed by atoms with Gasteiger partial charge in [0.15, 0.2) is 0 Å². The summed E-state index contributed by atoms with van der Waals surface area (Å²) in [5.74, 6) is 0.997. The predicted octanol–water partition coefficient (Wildman–Crippen LogP) is 1.54. The average Bonchev–Trinajstić information content (AvgIpc) is 2.00. The zero-order chi connectivity index (χ0) is 11.8. The van der Waals surface area contributed by atoms with Crippen molar-refractivity contribution in [3.05, 3.63) is 23.7 Å². The molecular formula is C10H14GaO4. The number of rotatable bonds is 6. The van der Waals surface area contributed by atoms with E-state index >= 15 is 0 Å². The van der Waals surface area contributed by atoms with Gasteiger partial charge in [0.1, 0.15) is 0 Å². The van der Waals surface area contributed by atoms with E-state index < -0.39 is 18.1 Å². The number of hydrogen-bond donors (Lipinski definition) is 0. The third-order valence-corrected chi connectivity index (χ3v) is 3.24. The molecular weight excluding hydrogens is 254 g/mol. The Kier molecular flexibility index (Phi) is 6.90. The average molecular weight is 268 g/mol. The number of carbonyl (C=O) groups excluding carboxylic acids is 2. The monoisotopic (exact) mass is 267 g/mol. The Balaban J connectivity index is 3.90. The summed E-state index contributed by atoms with van der Waals surface area (Å²) in [5, 5.41) is 0. The van der Waals surface area contributed by atoms with Crippen molar-refractivity contribution in [2.45, 2.75) is 27.7 Å². The molecule has 0 aromatic carbocycles. The van der Waals surface area contributed by atoms with Gasteiger partial charge in [-0.25, -0.2) is 0 Å². The maximum atomic E-state index is 10.7. The van der Waals surface area contributed by atoms with Crippen LogP contribution in [0.25, 0.3) is 0 Å². The Morgan fingerprint density at radius 3 is 1.47 bits per heavy atom. The molecule has 0 aliphatic carbocycles. The fourth-order valence-electron chi connectivity index (χ4n) is 0.816. The molecule has 0 amide bonds. The molecule has 0 spiro atoms. The van der Waals surface area contributed by atoms with E-state index in [-0.39, 0.29) is 11.6 Å². The zero-order valence-corrected chi connectivity index (χ0v) is 11.8. The Morgan fingerprint density at radius 1 is 0.867 bits per heavy atom. The van der Waals surface area contributed by atoms with Crippen molar-refractivity contribution < 1.29 is 16.6 Å². The van der Waals surface area contributed by atoms with Crippen LogP contribution in [0.15, 0.2) is 23.7 Å². The van der Waals surface area contributed by atoms with Gasteiger partial charge in [-0.2, -0.15) is 0 Å². The van der Waals surface area contributed by atoms with Gasteiger partial charge >= 0.3 is 97.7 Å². The van der Waals surface area contributed by atoms with Gasteiger partial charge in [0.05, 0.1) is 0 Å². The van der Waals surface area contributed by atoms with Gasteiger partial charge in [-0.05, 0) is 0 Å². The molecule has 15 heavy (non-hydrogen) atoms. The minimum atomic E-state index is -1.36. The second kappa shape index (κ2) is 7.36. The molecule has 0 aromatic heterocycles. The fourth-order valence-corrected chi connectivity index (χ4v) is 1.84. The SMILES string of the molecule is CC(=O)/C=C(/C)[O][Ga][O]/C(C)=C/C(C)=O. The van der Waals surface area contributed by atoms with Crippen LogP contribution in [0.3, 0.4) is 0 Å². The van der Waals surface area contributed by atoms with Crippen LogP contribution in [0.5, 0.6) is 0 Å². The van der Waals surface area contributed by atoms with E-state index in [9.17, 15) is 9.59 Å². The van der Waals surface area contributed by atoms with E-state index in [0.29, 0.717) is 11.5 Å². The van der Waals surface area contributed by atoms with Crippen molar-refractivity contribution in [3.63, 3.8) is 0 Å². The summed E-state index contributed by atoms with van der Waals surface area (Å²) in [7, 11) is 0.